The Balaban J connectivity index is 1.83. The van der Waals surface area contributed by atoms with Gasteiger partial charge >= 0.3 is 0 Å². The van der Waals surface area contributed by atoms with Crippen molar-refractivity contribution < 1.29 is 18.6 Å². The third kappa shape index (κ3) is 4.75. The maximum Gasteiger partial charge on any atom is 0.126 e. The third-order valence-electron chi connectivity index (χ3n) is 4.70. The maximum atomic E-state index is 14.0. The molecule has 0 aliphatic carbocycles. The van der Waals surface area contributed by atoms with Gasteiger partial charge in [-0.25, -0.2) is 13.8 Å². The number of benzene rings is 2. The summed E-state index contributed by atoms with van der Waals surface area (Å²) in [5, 5.41) is 11.4. The van der Waals surface area contributed by atoms with E-state index >= 15 is 0 Å². The van der Waals surface area contributed by atoms with Gasteiger partial charge in [-0.15, -0.1) is 0 Å². The van der Waals surface area contributed by atoms with Crippen LogP contribution >= 0.6 is 0 Å². The van der Waals surface area contributed by atoms with Gasteiger partial charge in [-0.3, -0.25) is 0 Å². The largest absolute Gasteiger partial charge is 0.493 e. The predicted molar refractivity (Wildman–Crippen MR) is 103 cm³/mol. The first-order chi connectivity index (χ1) is 13.5. The predicted octanol–water partition coefficient (Wildman–Crippen LogP) is 4.47. The fraction of sp³-hybridized carbons (Fsp3) is 0.318. The van der Waals surface area contributed by atoms with E-state index in [-0.39, 0.29) is 19.0 Å². The van der Waals surface area contributed by atoms with E-state index in [4.69, 9.17) is 4.74 Å². The van der Waals surface area contributed by atoms with Crippen LogP contribution in [0, 0.1) is 11.6 Å². The first kappa shape index (κ1) is 20.0. The summed E-state index contributed by atoms with van der Waals surface area (Å²) in [6.45, 7) is 2.40. The van der Waals surface area contributed by atoms with Crippen molar-refractivity contribution in [1.82, 2.24) is 9.55 Å². The first-order valence-electron chi connectivity index (χ1n) is 9.36. The molecule has 0 saturated heterocycles. The molecule has 0 fully saturated rings. The molecule has 0 bridgehead atoms. The Hall–Kier alpha value is -2.73. The first-order valence-corrected chi connectivity index (χ1v) is 9.36. The highest BCUT2D eigenvalue weighted by atomic mass is 19.1. The molecule has 1 heterocycles. The SMILES string of the molecule is CCCC(O)(Cn1ccnc1)c1cc(F)ccc1OCCc1ccccc1F. The molecule has 0 aliphatic rings. The summed E-state index contributed by atoms with van der Waals surface area (Å²) in [5.41, 5.74) is -0.379. The van der Waals surface area contributed by atoms with Crippen LogP contribution in [0.4, 0.5) is 8.78 Å². The Morgan fingerprint density at radius 2 is 2.00 bits per heavy atom. The minimum Gasteiger partial charge on any atom is -0.493 e. The van der Waals surface area contributed by atoms with Crippen LogP contribution in [0.5, 0.6) is 5.75 Å². The fourth-order valence-corrected chi connectivity index (χ4v) is 3.36. The van der Waals surface area contributed by atoms with Crippen molar-refractivity contribution in [3.05, 3.63) is 83.9 Å². The van der Waals surface area contributed by atoms with E-state index in [1.807, 2.05) is 6.92 Å². The quantitative estimate of drug-likeness (QED) is 0.590. The number of hydrogen-bond donors (Lipinski definition) is 1. The van der Waals surface area contributed by atoms with Gasteiger partial charge < -0.3 is 14.4 Å². The summed E-state index contributed by atoms with van der Waals surface area (Å²) in [4.78, 5) is 4.00. The average Bonchev–Trinajstić information content (AvgIpc) is 3.17. The summed E-state index contributed by atoms with van der Waals surface area (Å²) in [7, 11) is 0. The van der Waals surface area contributed by atoms with Gasteiger partial charge in [-0.05, 0) is 36.2 Å². The molecule has 3 rings (SSSR count). The molecule has 1 aromatic heterocycles. The Morgan fingerprint density at radius 1 is 1.18 bits per heavy atom. The molecule has 1 N–H and O–H groups in total. The lowest BCUT2D eigenvalue weighted by molar-refractivity contribution is 0.00599. The van der Waals surface area contributed by atoms with Gasteiger partial charge in [0.25, 0.3) is 0 Å². The summed E-state index contributed by atoms with van der Waals surface area (Å²) in [5.74, 6) is -0.335. The van der Waals surface area contributed by atoms with Crippen molar-refractivity contribution in [2.24, 2.45) is 0 Å². The van der Waals surface area contributed by atoms with Crippen LogP contribution in [0.2, 0.25) is 0 Å². The molecule has 148 valence electrons. The fourth-order valence-electron chi connectivity index (χ4n) is 3.36. The monoisotopic (exact) mass is 386 g/mol. The highest BCUT2D eigenvalue weighted by Crippen LogP contribution is 2.36. The molecule has 3 aromatic rings. The van der Waals surface area contributed by atoms with Crippen molar-refractivity contribution in [3.8, 4) is 5.75 Å². The molecule has 0 aliphatic heterocycles. The van der Waals surface area contributed by atoms with Crippen molar-refractivity contribution in [3.63, 3.8) is 0 Å². The summed E-state index contributed by atoms with van der Waals surface area (Å²) < 4.78 is 35.4. The lowest BCUT2D eigenvalue weighted by Crippen LogP contribution is -2.32. The van der Waals surface area contributed by atoms with Gasteiger partial charge in [0.1, 0.15) is 23.0 Å². The second kappa shape index (κ2) is 8.97. The van der Waals surface area contributed by atoms with Crippen molar-refractivity contribution in [1.29, 1.82) is 0 Å². The summed E-state index contributed by atoms with van der Waals surface area (Å²) in [6, 6.07) is 10.6. The summed E-state index contributed by atoms with van der Waals surface area (Å²) >= 11 is 0. The number of nitrogens with zero attached hydrogens (tertiary/aromatic N) is 2. The highest BCUT2D eigenvalue weighted by Gasteiger charge is 2.32. The van der Waals surface area contributed by atoms with E-state index in [0.29, 0.717) is 36.1 Å². The van der Waals surface area contributed by atoms with Gasteiger partial charge in [-0.1, -0.05) is 31.5 Å². The smallest absolute Gasteiger partial charge is 0.126 e. The van der Waals surface area contributed by atoms with E-state index in [1.54, 1.807) is 41.5 Å². The minimum absolute atomic E-state index is 0.215. The number of rotatable bonds is 9. The second-order valence-electron chi connectivity index (χ2n) is 6.85. The van der Waals surface area contributed by atoms with E-state index < -0.39 is 11.4 Å². The molecule has 4 nitrogen and oxygen atoms in total. The van der Waals surface area contributed by atoms with Crippen LogP contribution < -0.4 is 4.74 Å². The maximum absolute atomic E-state index is 14.0. The molecule has 2 aromatic carbocycles. The van der Waals surface area contributed by atoms with E-state index in [2.05, 4.69) is 4.98 Å². The zero-order chi connectivity index (χ0) is 20.0. The Morgan fingerprint density at radius 3 is 2.71 bits per heavy atom. The molecular formula is C22H24F2N2O2. The van der Waals surface area contributed by atoms with Gasteiger partial charge in [0.2, 0.25) is 0 Å². The standard InChI is InChI=1S/C22H24F2N2O2/c1-2-10-22(27,15-26-12-11-25-16-26)19-14-18(23)7-8-21(19)28-13-9-17-5-3-4-6-20(17)24/h3-8,11-12,14,16,27H,2,9-10,13,15H2,1H3. The van der Waals surface area contributed by atoms with Gasteiger partial charge in [0, 0.05) is 24.4 Å². The number of imidazole rings is 1. The molecule has 1 atom stereocenters. The van der Waals surface area contributed by atoms with Gasteiger partial charge in [0.05, 0.1) is 19.5 Å². The number of hydrogen-bond acceptors (Lipinski definition) is 3. The Labute approximate surface area is 163 Å². The number of halogens is 2. The molecule has 6 heteroatoms. The van der Waals surface area contributed by atoms with Gasteiger partial charge in [-0.2, -0.15) is 0 Å². The number of aliphatic hydroxyl groups is 1. The van der Waals surface area contributed by atoms with Crippen molar-refractivity contribution in [2.45, 2.75) is 38.3 Å². The normalized spacial score (nSPS) is 13.3. The zero-order valence-corrected chi connectivity index (χ0v) is 15.8. The van der Waals surface area contributed by atoms with Crippen LogP contribution in [0.3, 0.4) is 0 Å². The van der Waals surface area contributed by atoms with Crippen molar-refractivity contribution >= 4 is 0 Å². The molecular weight excluding hydrogens is 362 g/mol. The molecule has 1 unspecified atom stereocenters. The van der Waals surface area contributed by atoms with E-state index in [1.165, 1.54) is 24.3 Å². The van der Waals surface area contributed by atoms with Crippen LogP contribution in [0.25, 0.3) is 0 Å². The molecule has 0 saturated carbocycles. The number of aromatic nitrogens is 2. The van der Waals surface area contributed by atoms with Crippen molar-refractivity contribution in [2.75, 3.05) is 6.61 Å². The van der Waals surface area contributed by atoms with Gasteiger partial charge in [0.15, 0.2) is 0 Å². The minimum atomic E-state index is -1.31. The van der Waals surface area contributed by atoms with E-state index in [0.717, 1.165) is 0 Å². The topological polar surface area (TPSA) is 47.3 Å². The molecule has 0 radical (unpaired) electrons. The second-order valence-corrected chi connectivity index (χ2v) is 6.85. The zero-order valence-electron chi connectivity index (χ0n) is 15.8. The Kier molecular flexibility index (Phi) is 6.41. The summed E-state index contributed by atoms with van der Waals surface area (Å²) in [6.07, 6.45) is 6.49. The molecule has 28 heavy (non-hydrogen) atoms. The lowest BCUT2D eigenvalue weighted by atomic mass is 9.88. The number of ether oxygens (including phenoxy) is 1. The third-order valence-corrected chi connectivity index (χ3v) is 4.70. The molecule has 0 amide bonds. The average molecular weight is 386 g/mol. The Bertz CT molecular complexity index is 899. The van der Waals surface area contributed by atoms with Crippen LogP contribution in [0.1, 0.15) is 30.9 Å². The highest BCUT2D eigenvalue weighted by molar-refractivity contribution is 5.39. The molecule has 0 spiro atoms. The van der Waals surface area contributed by atoms with Crippen LogP contribution in [-0.4, -0.2) is 21.3 Å². The van der Waals surface area contributed by atoms with E-state index in [9.17, 15) is 13.9 Å². The van der Waals surface area contributed by atoms with Crippen LogP contribution in [-0.2, 0) is 18.6 Å². The lowest BCUT2D eigenvalue weighted by Gasteiger charge is -2.30. The van der Waals surface area contributed by atoms with Crippen LogP contribution in [0.15, 0.2) is 61.2 Å².